The largest absolute Gasteiger partial charge is 0.333 e. The second-order valence-electron chi connectivity index (χ2n) is 7.60. The Morgan fingerprint density at radius 2 is 1.82 bits per heavy atom. The molecule has 0 bridgehead atoms. The van der Waals surface area contributed by atoms with E-state index in [-0.39, 0.29) is 11.9 Å². The first-order valence-electron chi connectivity index (χ1n) is 9.99. The highest BCUT2D eigenvalue weighted by Crippen LogP contribution is 2.20. The molecule has 2 heterocycles. The molecule has 0 radical (unpaired) electrons. The summed E-state index contributed by atoms with van der Waals surface area (Å²) in [5, 5.41) is 4.63. The quantitative estimate of drug-likeness (QED) is 0.688. The van der Waals surface area contributed by atoms with Gasteiger partial charge in [-0.15, -0.1) is 5.10 Å². The molecule has 1 aliphatic rings. The smallest absolute Gasteiger partial charge is 0.293 e. The Morgan fingerprint density at radius 1 is 1.07 bits per heavy atom. The van der Waals surface area contributed by atoms with E-state index in [1.165, 1.54) is 12.0 Å². The summed E-state index contributed by atoms with van der Waals surface area (Å²) in [7, 11) is 0. The topological polar surface area (TPSA) is 51.0 Å². The average molecular weight is 374 g/mol. The van der Waals surface area contributed by atoms with Crippen LogP contribution in [0, 0.1) is 6.92 Å². The average Bonchev–Trinajstić information content (AvgIpc) is 3.13. The molecule has 1 atom stereocenters. The highest BCUT2D eigenvalue weighted by molar-refractivity contribution is 5.90. The minimum absolute atomic E-state index is 0.0626. The molecule has 1 unspecified atom stereocenters. The molecule has 1 saturated heterocycles. The number of amides is 1. The fraction of sp³-hybridized carbons (Fsp3) is 0.348. The van der Waals surface area contributed by atoms with Crippen molar-refractivity contribution in [2.24, 2.45) is 0 Å². The number of aryl methyl sites for hydroxylation is 1. The number of hydrogen-bond donors (Lipinski definition) is 0. The summed E-state index contributed by atoms with van der Waals surface area (Å²) < 4.78 is 1.81. The molecule has 0 N–H and O–H groups in total. The van der Waals surface area contributed by atoms with E-state index >= 15 is 0 Å². The summed E-state index contributed by atoms with van der Waals surface area (Å²) in [5.41, 5.74) is 3.26. The molecule has 1 amide bonds. The van der Waals surface area contributed by atoms with Crippen molar-refractivity contribution in [1.82, 2.24) is 19.7 Å². The van der Waals surface area contributed by atoms with Gasteiger partial charge in [-0.05, 0) is 50.8 Å². The van der Waals surface area contributed by atoms with Crippen LogP contribution in [-0.2, 0) is 6.42 Å². The normalized spacial score (nSPS) is 16.9. The fourth-order valence-corrected chi connectivity index (χ4v) is 3.75. The number of rotatable bonds is 4. The van der Waals surface area contributed by atoms with E-state index in [1.807, 2.05) is 39.9 Å². The van der Waals surface area contributed by atoms with Crippen LogP contribution in [0.4, 0.5) is 0 Å². The van der Waals surface area contributed by atoms with Gasteiger partial charge in [0.2, 0.25) is 5.82 Å². The minimum atomic E-state index is -0.0626. The Morgan fingerprint density at radius 3 is 2.54 bits per heavy atom. The molecule has 0 saturated carbocycles. The maximum Gasteiger partial charge on any atom is 0.293 e. The zero-order valence-electron chi connectivity index (χ0n) is 16.5. The molecule has 2 aromatic carbocycles. The third kappa shape index (κ3) is 3.84. The van der Waals surface area contributed by atoms with Gasteiger partial charge in [0, 0.05) is 19.0 Å². The number of nitrogens with zero attached hydrogens (tertiary/aromatic N) is 4. The standard InChI is InChI=1S/C23H26N4O/c1-17-11-13-20(14-12-17)27-21(16-19-9-4-3-5-10-19)24-22(25-27)23(28)26-15-7-6-8-18(26)2/h3-5,9-14,18H,6-8,15-16H2,1-2H3. The lowest BCUT2D eigenvalue weighted by Crippen LogP contribution is -2.42. The number of benzene rings is 2. The van der Waals surface area contributed by atoms with Crippen molar-refractivity contribution in [2.75, 3.05) is 6.54 Å². The van der Waals surface area contributed by atoms with Crippen molar-refractivity contribution in [3.8, 4) is 5.69 Å². The third-order valence-corrected chi connectivity index (χ3v) is 5.41. The van der Waals surface area contributed by atoms with Crippen molar-refractivity contribution < 1.29 is 4.79 Å². The van der Waals surface area contributed by atoms with Crippen LogP contribution in [0.15, 0.2) is 54.6 Å². The molecular formula is C23H26N4O. The van der Waals surface area contributed by atoms with Crippen LogP contribution >= 0.6 is 0 Å². The van der Waals surface area contributed by atoms with E-state index in [0.29, 0.717) is 12.2 Å². The van der Waals surface area contributed by atoms with Crippen molar-refractivity contribution >= 4 is 5.91 Å². The number of carbonyl (C=O) groups is 1. The summed E-state index contributed by atoms with van der Waals surface area (Å²) in [6.07, 6.45) is 3.90. The van der Waals surface area contributed by atoms with Gasteiger partial charge in [0.05, 0.1) is 5.69 Å². The molecule has 1 fully saturated rings. The lowest BCUT2D eigenvalue weighted by atomic mass is 10.0. The summed E-state index contributed by atoms with van der Waals surface area (Å²) >= 11 is 0. The summed E-state index contributed by atoms with van der Waals surface area (Å²) in [6.45, 7) is 4.95. The number of likely N-dealkylation sites (tertiary alicyclic amines) is 1. The summed E-state index contributed by atoms with van der Waals surface area (Å²) in [4.78, 5) is 19.7. The Labute approximate surface area is 166 Å². The van der Waals surface area contributed by atoms with Crippen molar-refractivity contribution in [1.29, 1.82) is 0 Å². The fourth-order valence-electron chi connectivity index (χ4n) is 3.75. The van der Waals surface area contributed by atoms with Crippen LogP contribution in [0.3, 0.4) is 0 Å². The first-order valence-corrected chi connectivity index (χ1v) is 9.99. The highest BCUT2D eigenvalue weighted by atomic mass is 16.2. The molecule has 28 heavy (non-hydrogen) atoms. The van der Waals surface area contributed by atoms with E-state index in [9.17, 15) is 4.79 Å². The lowest BCUT2D eigenvalue weighted by molar-refractivity contribution is 0.0623. The number of piperidine rings is 1. The van der Waals surface area contributed by atoms with Crippen LogP contribution in [0.5, 0.6) is 0 Å². The Hall–Kier alpha value is -2.95. The van der Waals surface area contributed by atoms with Gasteiger partial charge in [0.25, 0.3) is 5.91 Å². The zero-order chi connectivity index (χ0) is 19.5. The first kappa shape index (κ1) is 18.4. The lowest BCUT2D eigenvalue weighted by Gasteiger charge is -2.32. The van der Waals surface area contributed by atoms with Gasteiger partial charge in [-0.3, -0.25) is 4.79 Å². The predicted octanol–water partition coefficient (Wildman–Crippen LogP) is 4.18. The van der Waals surface area contributed by atoms with Gasteiger partial charge in [-0.25, -0.2) is 9.67 Å². The Bertz CT molecular complexity index is 946. The molecule has 0 aliphatic carbocycles. The summed E-state index contributed by atoms with van der Waals surface area (Å²) in [6, 6.07) is 18.6. The van der Waals surface area contributed by atoms with Crippen molar-refractivity contribution in [3.05, 3.63) is 77.4 Å². The van der Waals surface area contributed by atoms with Crippen LogP contribution in [0.25, 0.3) is 5.69 Å². The van der Waals surface area contributed by atoms with Crippen LogP contribution in [0.1, 0.15) is 53.8 Å². The van der Waals surface area contributed by atoms with Crippen LogP contribution in [0.2, 0.25) is 0 Å². The van der Waals surface area contributed by atoms with Gasteiger partial charge < -0.3 is 4.90 Å². The molecule has 3 aromatic rings. The molecule has 0 spiro atoms. The monoisotopic (exact) mass is 374 g/mol. The molecule has 5 heteroatoms. The second kappa shape index (κ2) is 7.97. The van der Waals surface area contributed by atoms with E-state index in [2.05, 4.69) is 48.2 Å². The number of aromatic nitrogens is 3. The van der Waals surface area contributed by atoms with Gasteiger partial charge in [0.15, 0.2) is 0 Å². The van der Waals surface area contributed by atoms with Crippen LogP contribution < -0.4 is 0 Å². The maximum atomic E-state index is 13.1. The SMILES string of the molecule is Cc1ccc(-n2nc(C(=O)N3CCCCC3C)nc2Cc2ccccc2)cc1. The molecule has 1 aliphatic heterocycles. The van der Waals surface area contributed by atoms with E-state index < -0.39 is 0 Å². The highest BCUT2D eigenvalue weighted by Gasteiger charge is 2.28. The Kier molecular flexibility index (Phi) is 5.24. The zero-order valence-corrected chi connectivity index (χ0v) is 16.5. The van der Waals surface area contributed by atoms with E-state index in [1.54, 1.807) is 0 Å². The van der Waals surface area contributed by atoms with Gasteiger partial charge in [-0.2, -0.15) is 0 Å². The van der Waals surface area contributed by atoms with Gasteiger partial charge in [-0.1, -0.05) is 48.0 Å². The molecule has 1 aromatic heterocycles. The molecule has 5 nitrogen and oxygen atoms in total. The predicted molar refractivity (Wildman–Crippen MR) is 110 cm³/mol. The van der Waals surface area contributed by atoms with Crippen LogP contribution in [-0.4, -0.2) is 38.2 Å². The van der Waals surface area contributed by atoms with E-state index in [0.717, 1.165) is 36.5 Å². The van der Waals surface area contributed by atoms with Crippen molar-refractivity contribution in [3.63, 3.8) is 0 Å². The number of hydrogen-bond acceptors (Lipinski definition) is 3. The maximum absolute atomic E-state index is 13.1. The third-order valence-electron chi connectivity index (χ3n) is 5.41. The van der Waals surface area contributed by atoms with Gasteiger partial charge in [0.1, 0.15) is 5.82 Å². The minimum Gasteiger partial charge on any atom is -0.333 e. The van der Waals surface area contributed by atoms with Crippen molar-refractivity contribution in [2.45, 2.75) is 45.6 Å². The molecule has 4 rings (SSSR count). The summed E-state index contributed by atoms with van der Waals surface area (Å²) in [5.74, 6) is 1.01. The molecular weight excluding hydrogens is 348 g/mol. The molecule has 144 valence electrons. The van der Waals surface area contributed by atoms with Gasteiger partial charge >= 0.3 is 0 Å². The Balaban J connectivity index is 1.71. The second-order valence-corrected chi connectivity index (χ2v) is 7.60. The first-order chi connectivity index (χ1) is 13.6. The number of carbonyl (C=O) groups excluding carboxylic acids is 1. The van der Waals surface area contributed by atoms with E-state index in [4.69, 9.17) is 0 Å².